The van der Waals surface area contributed by atoms with Crippen molar-refractivity contribution in [1.29, 1.82) is 0 Å². The van der Waals surface area contributed by atoms with E-state index in [0.717, 1.165) is 56.4 Å². The molecule has 5 heteroatoms. The van der Waals surface area contributed by atoms with E-state index in [1.165, 1.54) is 11.3 Å². The molecule has 0 bridgehead atoms. The maximum absolute atomic E-state index is 6.20. The molecular formula is C19H24ClN3O. The van der Waals surface area contributed by atoms with Crippen LogP contribution in [-0.2, 0) is 17.7 Å². The highest BCUT2D eigenvalue weighted by Crippen LogP contribution is 2.19. The maximum atomic E-state index is 6.20. The van der Waals surface area contributed by atoms with Gasteiger partial charge in [0.05, 0.1) is 13.2 Å². The Morgan fingerprint density at radius 1 is 1.08 bits per heavy atom. The Balaban J connectivity index is 1.44. The zero-order valence-corrected chi connectivity index (χ0v) is 14.6. The topological polar surface area (TPSA) is 50.5 Å². The molecular weight excluding hydrogens is 322 g/mol. The first-order valence-corrected chi connectivity index (χ1v) is 8.76. The van der Waals surface area contributed by atoms with Crippen LogP contribution in [0.4, 0.5) is 11.4 Å². The maximum Gasteiger partial charge on any atom is 0.0642 e. The van der Waals surface area contributed by atoms with E-state index in [4.69, 9.17) is 22.1 Å². The molecule has 24 heavy (non-hydrogen) atoms. The summed E-state index contributed by atoms with van der Waals surface area (Å²) >= 11 is 6.20. The second kappa shape index (κ2) is 8.38. The second-order valence-electron chi connectivity index (χ2n) is 6.04. The summed E-state index contributed by atoms with van der Waals surface area (Å²) < 4.78 is 5.39. The molecule has 1 heterocycles. The molecule has 3 rings (SSSR count). The van der Waals surface area contributed by atoms with Crippen molar-refractivity contribution in [2.24, 2.45) is 0 Å². The second-order valence-corrected chi connectivity index (χ2v) is 6.45. The average molecular weight is 346 g/mol. The van der Waals surface area contributed by atoms with E-state index in [2.05, 4.69) is 34.5 Å². The fourth-order valence-electron chi connectivity index (χ4n) is 2.87. The summed E-state index contributed by atoms with van der Waals surface area (Å²) in [6.07, 6.45) is 0.894. The molecule has 0 aliphatic carbocycles. The first kappa shape index (κ1) is 17.1. The molecule has 0 spiro atoms. The minimum atomic E-state index is 0.706. The minimum Gasteiger partial charge on any atom is -0.399 e. The van der Waals surface area contributed by atoms with E-state index in [0.29, 0.717) is 5.69 Å². The highest BCUT2D eigenvalue weighted by molar-refractivity contribution is 6.31. The van der Waals surface area contributed by atoms with Gasteiger partial charge >= 0.3 is 0 Å². The molecule has 2 aromatic carbocycles. The lowest BCUT2D eigenvalue weighted by Gasteiger charge is -2.28. The van der Waals surface area contributed by atoms with Crippen LogP contribution in [0.15, 0.2) is 42.5 Å². The summed E-state index contributed by atoms with van der Waals surface area (Å²) in [5.41, 5.74) is 10.1. The fourth-order valence-corrected chi connectivity index (χ4v) is 3.15. The Morgan fingerprint density at radius 2 is 1.83 bits per heavy atom. The number of hydrogen-bond donors (Lipinski definition) is 2. The zero-order valence-electron chi connectivity index (χ0n) is 13.8. The fraction of sp³-hybridized carbons (Fsp3) is 0.368. The van der Waals surface area contributed by atoms with Gasteiger partial charge in [0.1, 0.15) is 0 Å². The number of ether oxygens (including phenoxy) is 1. The molecule has 0 atom stereocenters. The van der Waals surface area contributed by atoms with E-state index >= 15 is 0 Å². The Hall–Kier alpha value is -1.75. The van der Waals surface area contributed by atoms with Crippen molar-refractivity contribution in [3.8, 4) is 0 Å². The van der Waals surface area contributed by atoms with Crippen LogP contribution in [0.2, 0.25) is 5.02 Å². The van der Waals surface area contributed by atoms with Crippen LogP contribution in [0.5, 0.6) is 0 Å². The zero-order chi connectivity index (χ0) is 16.8. The normalized spacial score (nSPS) is 14.8. The van der Waals surface area contributed by atoms with Crippen molar-refractivity contribution < 1.29 is 4.74 Å². The summed E-state index contributed by atoms with van der Waals surface area (Å²) in [6, 6.07) is 14.5. The predicted molar refractivity (Wildman–Crippen MR) is 101 cm³/mol. The van der Waals surface area contributed by atoms with Crippen molar-refractivity contribution >= 4 is 23.0 Å². The number of nitrogen functional groups attached to an aromatic ring is 1. The molecule has 0 saturated carbocycles. The molecule has 0 aromatic heterocycles. The van der Waals surface area contributed by atoms with Crippen LogP contribution in [0.1, 0.15) is 11.1 Å². The third-order valence-corrected chi connectivity index (χ3v) is 4.64. The minimum absolute atomic E-state index is 0.706. The molecule has 1 fully saturated rings. The SMILES string of the molecule is Nc1ccc(CCNCc2ccc(N3CCOCC3)cc2)c(Cl)c1. The number of nitrogens with one attached hydrogen (secondary N) is 1. The summed E-state index contributed by atoms with van der Waals surface area (Å²) in [6.45, 7) is 5.32. The van der Waals surface area contributed by atoms with Crippen molar-refractivity contribution in [2.75, 3.05) is 43.5 Å². The number of nitrogens with two attached hydrogens (primary N) is 1. The number of nitrogens with zero attached hydrogens (tertiary/aromatic N) is 1. The van der Waals surface area contributed by atoms with Gasteiger partial charge in [-0.1, -0.05) is 29.8 Å². The average Bonchev–Trinajstić information content (AvgIpc) is 2.61. The lowest BCUT2D eigenvalue weighted by molar-refractivity contribution is 0.122. The largest absolute Gasteiger partial charge is 0.399 e. The van der Waals surface area contributed by atoms with Crippen molar-refractivity contribution in [2.45, 2.75) is 13.0 Å². The number of anilines is 2. The highest BCUT2D eigenvalue weighted by atomic mass is 35.5. The number of benzene rings is 2. The van der Waals surface area contributed by atoms with Gasteiger partial charge in [-0.25, -0.2) is 0 Å². The Labute approximate surface area is 148 Å². The molecule has 0 radical (unpaired) electrons. The van der Waals surface area contributed by atoms with E-state index in [9.17, 15) is 0 Å². The van der Waals surface area contributed by atoms with Crippen LogP contribution < -0.4 is 16.0 Å². The quantitative estimate of drug-likeness (QED) is 0.624. The van der Waals surface area contributed by atoms with Crippen molar-refractivity contribution in [3.05, 3.63) is 58.6 Å². The molecule has 1 aliphatic rings. The Bertz CT molecular complexity index is 654. The van der Waals surface area contributed by atoms with E-state index in [1.54, 1.807) is 6.07 Å². The summed E-state index contributed by atoms with van der Waals surface area (Å²) in [7, 11) is 0. The molecule has 0 unspecified atom stereocenters. The molecule has 1 saturated heterocycles. The van der Waals surface area contributed by atoms with Crippen molar-refractivity contribution in [3.63, 3.8) is 0 Å². The third-order valence-electron chi connectivity index (χ3n) is 4.29. The van der Waals surface area contributed by atoms with Crippen molar-refractivity contribution in [1.82, 2.24) is 5.32 Å². The molecule has 4 nitrogen and oxygen atoms in total. The van der Waals surface area contributed by atoms with E-state index < -0.39 is 0 Å². The van der Waals surface area contributed by atoms with Crippen LogP contribution in [-0.4, -0.2) is 32.8 Å². The molecule has 1 aliphatic heterocycles. The molecule has 3 N–H and O–H groups in total. The molecule has 128 valence electrons. The van der Waals surface area contributed by atoms with Gasteiger partial charge in [0.15, 0.2) is 0 Å². The lowest BCUT2D eigenvalue weighted by atomic mass is 10.1. The van der Waals surface area contributed by atoms with Crippen LogP contribution in [0, 0.1) is 0 Å². The van der Waals surface area contributed by atoms with Gasteiger partial charge in [-0.15, -0.1) is 0 Å². The predicted octanol–water partition coefficient (Wildman–Crippen LogP) is 3.09. The van der Waals surface area contributed by atoms with Gasteiger partial charge < -0.3 is 20.7 Å². The van der Waals surface area contributed by atoms with E-state index in [1.807, 2.05) is 12.1 Å². The standard InChI is InChI=1S/C19H24ClN3O/c20-19-13-17(21)4-3-16(19)7-8-22-14-15-1-5-18(6-2-15)23-9-11-24-12-10-23/h1-6,13,22H,7-12,14,21H2. The molecule has 0 amide bonds. The number of morpholine rings is 1. The summed E-state index contributed by atoms with van der Waals surface area (Å²) in [5.74, 6) is 0. The number of halogens is 1. The van der Waals surface area contributed by atoms with Gasteiger partial charge in [0.2, 0.25) is 0 Å². The third kappa shape index (κ3) is 4.63. The van der Waals surface area contributed by atoms with E-state index in [-0.39, 0.29) is 0 Å². The van der Waals surface area contributed by atoms with Crippen LogP contribution in [0.3, 0.4) is 0 Å². The first-order valence-electron chi connectivity index (χ1n) is 8.38. The first-order chi connectivity index (χ1) is 11.7. The van der Waals surface area contributed by atoms with Crippen LogP contribution >= 0.6 is 11.6 Å². The highest BCUT2D eigenvalue weighted by Gasteiger charge is 2.10. The lowest BCUT2D eigenvalue weighted by Crippen LogP contribution is -2.36. The summed E-state index contributed by atoms with van der Waals surface area (Å²) in [5, 5.41) is 4.21. The van der Waals surface area contributed by atoms with Gasteiger partial charge in [-0.3, -0.25) is 0 Å². The smallest absolute Gasteiger partial charge is 0.0642 e. The number of hydrogen-bond acceptors (Lipinski definition) is 4. The summed E-state index contributed by atoms with van der Waals surface area (Å²) in [4.78, 5) is 2.36. The van der Waals surface area contributed by atoms with Crippen LogP contribution in [0.25, 0.3) is 0 Å². The Morgan fingerprint density at radius 3 is 2.54 bits per heavy atom. The monoisotopic (exact) mass is 345 g/mol. The van der Waals surface area contributed by atoms with Gasteiger partial charge in [-0.05, 0) is 48.4 Å². The van der Waals surface area contributed by atoms with Gasteiger partial charge in [0, 0.05) is 36.0 Å². The van der Waals surface area contributed by atoms with Gasteiger partial charge in [0.25, 0.3) is 0 Å². The molecule has 2 aromatic rings. The number of rotatable bonds is 6. The Kier molecular flexibility index (Phi) is 5.96. The van der Waals surface area contributed by atoms with Gasteiger partial charge in [-0.2, -0.15) is 0 Å².